The summed E-state index contributed by atoms with van der Waals surface area (Å²) < 4.78 is 7.90. The van der Waals surface area contributed by atoms with Crippen LogP contribution >= 0.6 is 0 Å². The van der Waals surface area contributed by atoms with Crippen LogP contribution in [0.2, 0.25) is 0 Å². The lowest BCUT2D eigenvalue weighted by Crippen LogP contribution is -2.15. The first-order valence-corrected chi connectivity index (χ1v) is 10.1. The quantitative estimate of drug-likeness (QED) is 0.338. The maximum Gasteiger partial charge on any atom is 0.151 e. The first-order valence-electron chi connectivity index (χ1n) is 10.1. The summed E-state index contributed by atoms with van der Waals surface area (Å²) >= 11 is 0. The van der Waals surface area contributed by atoms with Crippen molar-refractivity contribution < 1.29 is 4.74 Å². The average Bonchev–Trinajstić information content (AvgIpc) is 3.34. The van der Waals surface area contributed by atoms with E-state index in [0.29, 0.717) is 0 Å². The standard InChI is InChI=1S/C26H18N4O/c1-2-8-19(9-3-1)22-18-29(28-27-22)20-14-16-21(17-15-20)30-23-10-4-6-12-25(23)31-26-13-7-5-11-24(26)30/h1-18H. The summed E-state index contributed by atoms with van der Waals surface area (Å²) in [5.41, 5.74) is 5.93. The Labute approximate surface area is 179 Å². The van der Waals surface area contributed by atoms with E-state index in [2.05, 4.69) is 51.6 Å². The van der Waals surface area contributed by atoms with Crippen LogP contribution in [0, 0.1) is 0 Å². The van der Waals surface area contributed by atoms with Gasteiger partial charge in [-0.2, -0.15) is 0 Å². The van der Waals surface area contributed by atoms with E-state index in [1.54, 1.807) is 4.68 Å². The lowest BCUT2D eigenvalue weighted by Gasteiger charge is -2.32. The molecule has 5 heteroatoms. The molecule has 0 aliphatic carbocycles. The van der Waals surface area contributed by atoms with Crippen molar-refractivity contribution in [2.24, 2.45) is 0 Å². The molecule has 0 bridgehead atoms. The van der Waals surface area contributed by atoms with Crippen molar-refractivity contribution in [3.8, 4) is 28.4 Å². The highest BCUT2D eigenvalue weighted by Gasteiger charge is 2.25. The molecule has 148 valence electrons. The number of benzene rings is 4. The van der Waals surface area contributed by atoms with Crippen LogP contribution < -0.4 is 9.64 Å². The predicted octanol–water partition coefficient (Wildman–Crippen LogP) is 6.51. The third kappa shape index (κ3) is 3.04. The number of nitrogens with zero attached hydrogens (tertiary/aromatic N) is 4. The van der Waals surface area contributed by atoms with Crippen LogP contribution in [0.4, 0.5) is 17.1 Å². The van der Waals surface area contributed by atoms with Crippen molar-refractivity contribution in [3.63, 3.8) is 0 Å². The highest BCUT2D eigenvalue weighted by atomic mass is 16.5. The number of anilines is 3. The van der Waals surface area contributed by atoms with Gasteiger partial charge in [0.2, 0.25) is 0 Å². The Morgan fingerprint density at radius 1 is 0.581 bits per heavy atom. The Balaban J connectivity index is 1.37. The van der Waals surface area contributed by atoms with Gasteiger partial charge in [-0.3, -0.25) is 0 Å². The summed E-state index contributed by atoms with van der Waals surface area (Å²) in [4.78, 5) is 2.22. The van der Waals surface area contributed by atoms with E-state index in [0.717, 1.165) is 45.5 Å². The number of aromatic nitrogens is 3. The molecule has 0 amide bonds. The molecule has 2 heterocycles. The van der Waals surface area contributed by atoms with Gasteiger partial charge < -0.3 is 9.64 Å². The SMILES string of the molecule is c1ccc(-c2cn(-c3ccc(N4c5ccccc5Oc5ccccc54)cc3)nn2)cc1. The molecule has 0 radical (unpaired) electrons. The van der Waals surface area contributed by atoms with Gasteiger partial charge in [0.1, 0.15) is 5.69 Å². The Kier molecular flexibility index (Phi) is 4.03. The van der Waals surface area contributed by atoms with Crippen molar-refractivity contribution in [3.05, 3.63) is 109 Å². The Morgan fingerprint density at radius 2 is 1.16 bits per heavy atom. The second-order valence-corrected chi connectivity index (χ2v) is 7.30. The van der Waals surface area contributed by atoms with E-state index in [1.165, 1.54) is 0 Å². The molecule has 1 aliphatic heterocycles. The summed E-state index contributed by atoms with van der Waals surface area (Å²) in [7, 11) is 0. The van der Waals surface area contributed by atoms with Crippen molar-refractivity contribution >= 4 is 17.1 Å². The second-order valence-electron chi connectivity index (χ2n) is 7.30. The van der Waals surface area contributed by atoms with Gasteiger partial charge in [-0.15, -0.1) is 5.10 Å². The van der Waals surface area contributed by atoms with E-state index >= 15 is 0 Å². The largest absolute Gasteiger partial charge is 0.453 e. The van der Waals surface area contributed by atoms with Gasteiger partial charge in [-0.25, -0.2) is 4.68 Å². The zero-order valence-corrected chi connectivity index (χ0v) is 16.6. The highest BCUT2D eigenvalue weighted by molar-refractivity contribution is 5.86. The molecule has 0 unspecified atom stereocenters. The minimum Gasteiger partial charge on any atom is -0.453 e. The van der Waals surface area contributed by atoms with Crippen LogP contribution in [0.5, 0.6) is 11.5 Å². The van der Waals surface area contributed by atoms with Gasteiger partial charge in [0, 0.05) is 11.3 Å². The minimum atomic E-state index is 0.842. The van der Waals surface area contributed by atoms with Gasteiger partial charge in [-0.1, -0.05) is 59.8 Å². The summed E-state index contributed by atoms with van der Waals surface area (Å²) in [5.74, 6) is 1.68. The van der Waals surface area contributed by atoms with Crippen LogP contribution in [0.25, 0.3) is 16.9 Å². The number of rotatable bonds is 3. The molecule has 0 atom stereocenters. The van der Waals surface area contributed by atoms with E-state index in [-0.39, 0.29) is 0 Å². The molecular weight excluding hydrogens is 384 g/mol. The van der Waals surface area contributed by atoms with Crippen molar-refractivity contribution in [2.45, 2.75) is 0 Å². The first-order chi connectivity index (χ1) is 15.4. The van der Waals surface area contributed by atoms with Crippen LogP contribution in [-0.2, 0) is 0 Å². The van der Waals surface area contributed by atoms with Gasteiger partial charge in [0.25, 0.3) is 0 Å². The molecule has 0 saturated heterocycles. The zero-order valence-electron chi connectivity index (χ0n) is 16.6. The number of fused-ring (bicyclic) bond motifs is 2. The summed E-state index contributed by atoms with van der Waals surface area (Å²) in [6, 6.07) is 34.5. The van der Waals surface area contributed by atoms with Crippen LogP contribution in [0.3, 0.4) is 0 Å². The smallest absolute Gasteiger partial charge is 0.151 e. The first kappa shape index (κ1) is 17.5. The lowest BCUT2D eigenvalue weighted by atomic mass is 10.1. The fraction of sp³-hybridized carbons (Fsp3) is 0. The molecule has 0 N–H and O–H groups in total. The van der Waals surface area contributed by atoms with Crippen LogP contribution in [0.15, 0.2) is 109 Å². The maximum atomic E-state index is 6.10. The van der Waals surface area contributed by atoms with E-state index in [4.69, 9.17) is 4.74 Å². The number of para-hydroxylation sites is 4. The molecule has 31 heavy (non-hydrogen) atoms. The van der Waals surface area contributed by atoms with Gasteiger partial charge in [0.05, 0.1) is 23.3 Å². The molecule has 6 rings (SSSR count). The topological polar surface area (TPSA) is 43.2 Å². The molecule has 1 aliphatic rings. The monoisotopic (exact) mass is 402 g/mol. The average molecular weight is 402 g/mol. The van der Waals surface area contributed by atoms with Crippen molar-refractivity contribution in [1.82, 2.24) is 15.0 Å². The molecule has 0 saturated carbocycles. The van der Waals surface area contributed by atoms with Gasteiger partial charge in [0.15, 0.2) is 11.5 Å². The normalized spacial score (nSPS) is 12.1. The molecule has 5 aromatic rings. The molecule has 0 spiro atoms. The highest BCUT2D eigenvalue weighted by Crippen LogP contribution is 2.49. The zero-order chi connectivity index (χ0) is 20.6. The van der Waals surface area contributed by atoms with E-state index in [9.17, 15) is 0 Å². The summed E-state index contributed by atoms with van der Waals surface area (Å²) in [6.45, 7) is 0. The van der Waals surface area contributed by atoms with Gasteiger partial charge >= 0.3 is 0 Å². The van der Waals surface area contributed by atoms with E-state index < -0.39 is 0 Å². The molecular formula is C26H18N4O. The molecule has 4 aromatic carbocycles. The summed E-state index contributed by atoms with van der Waals surface area (Å²) in [6.07, 6.45) is 1.95. The lowest BCUT2D eigenvalue weighted by molar-refractivity contribution is 0.477. The third-order valence-electron chi connectivity index (χ3n) is 5.37. The van der Waals surface area contributed by atoms with E-state index in [1.807, 2.05) is 72.9 Å². The second kappa shape index (κ2) is 7.15. The Bertz CT molecular complexity index is 1310. The fourth-order valence-corrected chi connectivity index (χ4v) is 3.87. The molecule has 0 fully saturated rings. The van der Waals surface area contributed by atoms with Crippen LogP contribution in [-0.4, -0.2) is 15.0 Å². The minimum absolute atomic E-state index is 0.842. The molecule has 5 nitrogen and oxygen atoms in total. The van der Waals surface area contributed by atoms with Crippen molar-refractivity contribution in [1.29, 1.82) is 0 Å². The Hall–Kier alpha value is -4.38. The maximum absolute atomic E-state index is 6.10. The number of ether oxygens (including phenoxy) is 1. The Morgan fingerprint density at radius 3 is 1.84 bits per heavy atom. The number of hydrogen-bond acceptors (Lipinski definition) is 4. The van der Waals surface area contributed by atoms with Crippen molar-refractivity contribution in [2.75, 3.05) is 4.90 Å². The third-order valence-corrected chi connectivity index (χ3v) is 5.37. The van der Waals surface area contributed by atoms with Crippen LogP contribution in [0.1, 0.15) is 0 Å². The number of hydrogen-bond donors (Lipinski definition) is 0. The predicted molar refractivity (Wildman–Crippen MR) is 122 cm³/mol. The van der Waals surface area contributed by atoms with Gasteiger partial charge in [-0.05, 0) is 48.5 Å². The summed E-state index contributed by atoms with van der Waals surface area (Å²) in [5, 5.41) is 8.63. The molecule has 1 aromatic heterocycles. The fourth-order valence-electron chi connectivity index (χ4n) is 3.87.